The van der Waals surface area contributed by atoms with Gasteiger partial charge in [-0.25, -0.2) is 0 Å². The molecule has 0 rings (SSSR count). The monoisotopic (exact) mass is 183 g/mol. The van der Waals surface area contributed by atoms with Crippen LogP contribution in [0.1, 0.15) is 20.8 Å². The van der Waals surface area contributed by atoms with Crippen LogP contribution in [0.4, 0.5) is 0 Å². The molecule has 0 bridgehead atoms. The Morgan fingerprint density at radius 2 is 1.77 bits per heavy atom. The second-order valence-corrected chi connectivity index (χ2v) is 3.08. The molecule has 0 atom stereocenters. The first-order valence-corrected chi connectivity index (χ1v) is 4.81. The molecule has 0 amide bonds. The van der Waals surface area contributed by atoms with Crippen molar-refractivity contribution in [3.63, 3.8) is 0 Å². The maximum absolute atomic E-state index is 5.40. The number of likely N-dealkylation sites (N-methyl/N-ethyl adjacent to an activating group) is 1. The van der Waals surface area contributed by atoms with Crippen LogP contribution in [0.25, 0.3) is 0 Å². The highest BCUT2D eigenvalue weighted by Crippen LogP contribution is 2.04. The summed E-state index contributed by atoms with van der Waals surface area (Å²) in [6.45, 7) is 17.5. The summed E-state index contributed by atoms with van der Waals surface area (Å²) in [6, 6.07) is 0. The minimum atomic E-state index is 0.701. The average molecular weight is 183 g/mol. The zero-order chi connectivity index (χ0) is 10.3. The molecule has 0 saturated heterocycles. The number of rotatable bonds is 7. The van der Waals surface area contributed by atoms with Gasteiger partial charge in [0.1, 0.15) is 12.4 Å². The third kappa shape index (κ3) is 5.47. The van der Waals surface area contributed by atoms with Gasteiger partial charge in [0, 0.05) is 6.54 Å². The Balaban J connectivity index is 3.54. The fraction of sp³-hybridized carbons (Fsp3) is 0.636. The van der Waals surface area contributed by atoms with E-state index in [1.54, 1.807) is 0 Å². The predicted octanol–water partition coefficient (Wildman–Crippen LogP) is 2.43. The van der Waals surface area contributed by atoms with Crippen molar-refractivity contribution in [1.82, 2.24) is 4.90 Å². The van der Waals surface area contributed by atoms with Crippen molar-refractivity contribution in [3.05, 3.63) is 24.5 Å². The van der Waals surface area contributed by atoms with E-state index >= 15 is 0 Å². The zero-order valence-corrected chi connectivity index (χ0v) is 9.10. The topological polar surface area (TPSA) is 12.5 Å². The smallest absolute Gasteiger partial charge is 0.114 e. The van der Waals surface area contributed by atoms with Crippen LogP contribution in [0.15, 0.2) is 24.5 Å². The lowest BCUT2D eigenvalue weighted by Gasteiger charge is -2.18. The first-order valence-electron chi connectivity index (χ1n) is 4.81. The van der Waals surface area contributed by atoms with E-state index in [-0.39, 0.29) is 0 Å². The van der Waals surface area contributed by atoms with E-state index in [1.807, 2.05) is 6.92 Å². The maximum atomic E-state index is 5.40. The fourth-order valence-corrected chi connectivity index (χ4v) is 0.961. The van der Waals surface area contributed by atoms with Gasteiger partial charge >= 0.3 is 0 Å². The summed E-state index contributed by atoms with van der Waals surface area (Å²) in [5, 5.41) is 0. The molecular formula is C11H21NO. The number of hydrogen-bond acceptors (Lipinski definition) is 2. The third-order valence-corrected chi connectivity index (χ3v) is 2.05. The highest BCUT2D eigenvalue weighted by Gasteiger charge is 1.99. The molecule has 0 aliphatic rings. The van der Waals surface area contributed by atoms with Gasteiger partial charge in [-0.3, -0.25) is 0 Å². The fourth-order valence-electron chi connectivity index (χ4n) is 0.961. The molecule has 0 spiro atoms. The molecule has 0 aromatic carbocycles. The van der Waals surface area contributed by atoms with Crippen molar-refractivity contribution < 1.29 is 4.74 Å². The van der Waals surface area contributed by atoms with E-state index in [9.17, 15) is 0 Å². The Morgan fingerprint density at radius 1 is 1.23 bits per heavy atom. The summed E-state index contributed by atoms with van der Waals surface area (Å²) >= 11 is 0. The summed E-state index contributed by atoms with van der Waals surface area (Å²) < 4.78 is 5.40. The summed E-state index contributed by atoms with van der Waals surface area (Å²) in [7, 11) is 0. The van der Waals surface area contributed by atoms with Crippen LogP contribution in [0.2, 0.25) is 0 Å². The molecule has 0 unspecified atom stereocenters. The van der Waals surface area contributed by atoms with Crippen molar-refractivity contribution in [1.29, 1.82) is 0 Å². The molecule has 0 aliphatic carbocycles. The van der Waals surface area contributed by atoms with Crippen LogP contribution in [0.3, 0.4) is 0 Å². The molecule has 2 heteroatoms. The summed E-state index contributed by atoms with van der Waals surface area (Å²) in [6.07, 6.45) is 0. The maximum Gasteiger partial charge on any atom is 0.114 e. The molecule has 0 aliphatic heterocycles. The predicted molar refractivity (Wildman–Crippen MR) is 57.7 cm³/mol. The Labute approximate surface area is 81.9 Å². The standard InChI is InChI=1S/C11H21NO/c1-6-12(7-2)8-9-13-11(5)10(3)4/h3,5-9H2,1-2,4H3. The molecule has 0 radical (unpaired) electrons. The minimum absolute atomic E-state index is 0.701. The van der Waals surface area contributed by atoms with E-state index in [2.05, 4.69) is 31.9 Å². The SMILES string of the molecule is C=C(C)C(=C)OCCN(CC)CC. The molecule has 13 heavy (non-hydrogen) atoms. The van der Waals surface area contributed by atoms with Crippen molar-refractivity contribution in [2.45, 2.75) is 20.8 Å². The summed E-state index contributed by atoms with van der Waals surface area (Å²) in [4.78, 5) is 2.31. The molecule has 0 aromatic rings. The number of nitrogens with zero attached hydrogens (tertiary/aromatic N) is 1. The Bertz CT molecular complexity index is 171. The minimum Gasteiger partial charge on any atom is -0.493 e. The highest BCUT2D eigenvalue weighted by molar-refractivity contribution is 5.15. The van der Waals surface area contributed by atoms with Crippen molar-refractivity contribution in [3.8, 4) is 0 Å². The van der Waals surface area contributed by atoms with Crippen molar-refractivity contribution >= 4 is 0 Å². The van der Waals surface area contributed by atoms with Crippen molar-refractivity contribution in [2.75, 3.05) is 26.2 Å². The van der Waals surface area contributed by atoms with Crippen LogP contribution in [0.5, 0.6) is 0 Å². The zero-order valence-electron chi connectivity index (χ0n) is 9.10. The Hall–Kier alpha value is -0.760. The van der Waals surface area contributed by atoms with E-state index in [0.29, 0.717) is 12.4 Å². The average Bonchev–Trinajstić information content (AvgIpc) is 2.12. The lowest BCUT2D eigenvalue weighted by atomic mass is 10.3. The van der Waals surface area contributed by atoms with Gasteiger partial charge in [0.2, 0.25) is 0 Å². The molecule has 0 N–H and O–H groups in total. The molecule has 0 saturated carbocycles. The van der Waals surface area contributed by atoms with Gasteiger partial charge in [-0.1, -0.05) is 27.0 Å². The van der Waals surface area contributed by atoms with Gasteiger partial charge in [-0.15, -0.1) is 0 Å². The third-order valence-electron chi connectivity index (χ3n) is 2.05. The lowest BCUT2D eigenvalue weighted by molar-refractivity contribution is 0.170. The second-order valence-electron chi connectivity index (χ2n) is 3.08. The number of hydrogen-bond donors (Lipinski definition) is 0. The van der Waals surface area contributed by atoms with Gasteiger partial charge in [-0.05, 0) is 25.6 Å². The molecule has 0 aromatic heterocycles. The van der Waals surface area contributed by atoms with Gasteiger partial charge in [0.25, 0.3) is 0 Å². The van der Waals surface area contributed by atoms with Crippen LogP contribution < -0.4 is 0 Å². The van der Waals surface area contributed by atoms with E-state index < -0.39 is 0 Å². The van der Waals surface area contributed by atoms with E-state index in [1.165, 1.54) is 0 Å². The van der Waals surface area contributed by atoms with Crippen LogP contribution in [-0.4, -0.2) is 31.1 Å². The normalized spacial score (nSPS) is 10.2. The van der Waals surface area contributed by atoms with Crippen LogP contribution in [0, 0.1) is 0 Å². The number of ether oxygens (including phenoxy) is 1. The molecule has 0 fully saturated rings. The molecule has 0 heterocycles. The second kappa shape index (κ2) is 6.72. The van der Waals surface area contributed by atoms with E-state index in [4.69, 9.17) is 4.74 Å². The van der Waals surface area contributed by atoms with Crippen LogP contribution >= 0.6 is 0 Å². The highest BCUT2D eigenvalue weighted by atomic mass is 16.5. The molecular weight excluding hydrogens is 162 g/mol. The van der Waals surface area contributed by atoms with Gasteiger partial charge in [-0.2, -0.15) is 0 Å². The quantitative estimate of drug-likeness (QED) is 0.444. The van der Waals surface area contributed by atoms with Gasteiger partial charge in [0.15, 0.2) is 0 Å². The van der Waals surface area contributed by atoms with Crippen LogP contribution in [-0.2, 0) is 4.74 Å². The first kappa shape index (κ1) is 12.2. The first-order chi connectivity index (χ1) is 6.11. The van der Waals surface area contributed by atoms with Gasteiger partial charge in [0.05, 0.1) is 0 Å². The largest absolute Gasteiger partial charge is 0.493 e. The Kier molecular flexibility index (Phi) is 6.33. The summed E-state index contributed by atoms with van der Waals surface area (Å²) in [5.74, 6) is 0.701. The lowest BCUT2D eigenvalue weighted by Crippen LogP contribution is -2.26. The molecule has 76 valence electrons. The number of allylic oxidation sites excluding steroid dienone is 1. The Morgan fingerprint density at radius 3 is 2.15 bits per heavy atom. The van der Waals surface area contributed by atoms with Gasteiger partial charge < -0.3 is 9.64 Å². The molecule has 2 nitrogen and oxygen atoms in total. The van der Waals surface area contributed by atoms with Crippen molar-refractivity contribution in [2.24, 2.45) is 0 Å². The van der Waals surface area contributed by atoms with E-state index in [0.717, 1.165) is 25.2 Å². The summed E-state index contributed by atoms with van der Waals surface area (Å²) in [5.41, 5.74) is 0.902.